The molecule has 2 rings (SSSR count). The van der Waals surface area contributed by atoms with Gasteiger partial charge in [-0.1, -0.05) is 30.3 Å². The molecule has 0 aliphatic heterocycles. The number of hydrogen-bond acceptors (Lipinski definition) is 3. The van der Waals surface area contributed by atoms with Crippen molar-refractivity contribution in [1.82, 2.24) is 5.32 Å². The molecule has 0 radical (unpaired) electrons. The van der Waals surface area contributed by atoms with Crippen molar-refractivity contribution in [3.8, 4) is 0 Å². The molecule has 0 spiro atoms. The predicted octanol–water partition coefficient (Wildman–Crippen LogP) is 3.34. The minimum absolute atomic E-state index is 0.164. The van der Waals surface area contributed by atoms with Gasteiger partial charge >= 0.3 is 5.97 Å². The van der Waals surface area contributed by atoms with Crippen LogP contribution in [0.3, 0.4) is 0 Å². The Morgan fingerprint density at radius 1 is 1.32 bits per heavy atom. The van der Waals surface area contributed by atoms with E-state index < -0.39 is 0 Å². The summed E-state index contributed by atoms with van der Waals surface area (Å²) < 4.78 is 5.11. The molecule has 0 heterocycles. The Kier molecular flexibility index (Phi) is 4.61. The lowest BCUT2D eigenvalue weighted by atomic mass is 10.1. The third kappa shape index (κ3) is 3.37. The van der Waals surface area contributed by atoms with Crippen LogP contribution in [0.15, 0.2) is 41.6 Å². The molecule has 102 valence electrons. The second-order valence-corrected chi connectivity index (χ2v) is 4.81. The van der Waals surface area contributed by atoms with Gasteiger partial charge < -0.3 is 10.1 Å². The van der Waals surface area contributed by atoms with Gasteiger partial charge in [0.1, 0.15) is 0 Å². The lowest BCUT2D eigenvalue weighted by Gasteiger charge is -2.17. The van der Waals surface area contributed by atoms with Crippen LogP contribution in [0.25, 0.3) is 0 Å². The maximum absolute atomic E-state index is 11.9. The number of carbonyl (C=O) groups excluding carboxylic acids is 1. The van der Waals surface area contributed by atoms with Gasteiger partial charge in [0.25, 0.3) is 0 Å². The first-order chi connectivity index (χ1) is 9.22. The number of rotatable bonds is 5. The molecule has 3 heteroatoms. The monoisotopic (exact) mass is 259 g/mol. The summed E-state index contributed by atoms with van der Waals surface area (Å²) in [5, 5.41) is 3.46. The molecule has 1 atom stereocenters. The van der Waals surface area contributed by atoms with E-state index in [0.717, 1.165) is 30.5 Å². The summed E-state index contributed by atoms with van der Waals surface area (Å²) in [7, 11) is 0. The fraction of sp³-hybridized carbons (Fsp3) is 0.438. The topological polar surface area (TPSA) is 38.3 Å². The Morgan fingerprint density at radius 2 is 2.05 bits per heavy atom. The van der Waals surface area contributed by atoms with Gasteiger partial charge in [0.2, 0.25) is 0 Å². The Balaban J connectivity index is 2.08. The molecule has 1 N–H and O–H groups in total. The summed E-state index contributed by atoms with van der Waals surface area (Å²) in [6, 6.07) is 10.5. The summed E-state index contributed by atoms with van der Waals surface area (Å²) >= 11 is 0. The van der Waals surface area contributed by atoms with E-state index in [1.54, 1.807) is 0 Å². The van der Waals surface area contributed by atoms with Gasteiger partial charge in [0.15, 0.2) is 0 Å². The van der Waals surface area contributed by atoms with E-state index in [2.05, 4.69) is 24.4 Å². The molecule has 0 bridgehead atoms. The zero-order valence-corrected chi connectivity index (χ0v) is 11.6. The highest BCUT2D eigenvalue weighted by Crippen LogP contribution is 2.27. The molecule has 0 fully saturated rings. The van der Waals surface area contributed by atoms with Crippen LogP contribution < -0.4 is 5.32 Å². The molecular formula is C16H21NO2. The van der Waals surface area contributed by atoms with Crippen molar-refractivity contribution >= 4 is 5.97 Å². The van der Waals surface area contributed by atoms with E-state index in [1.165, 1.54) is 5.56 Å². The van der Waals surface area contributed by atoms with Gasteiger partial charge in [-0.15, -0.1) is 0 Å². The van der Waals surface area contributed by atoms with Crippen molar-refractivity contribution in [3.05, 3.63) is 47.2 Å². The molecule has 3 nitrogen and oxygen atoms in total. The molecule has 1 aliphatic rings. The molecule has 1 aliphatic carbocycles. The SMILES string of the molecule is CCOC(=O)C1=C(NC(C)c2ccccc2)CCC1. The zero-order chi connectivity index (χ0) is 13.7. The highest BCUT2D eigenvalue weighted by atomic mass is 16.5. The molecule has 1 unspecified atom stereocenters. The Labute approximate surface area is 114 Å². The Bertz CT molecular complexity index is 465. The molecule has 0 saturated heterocycles. The number of esters is 1. The van der Waals surface area contributed by atoms with Crippen LogP contribution in [0.2, 0.25) is 0 Å². The smallest absolute Gasteiger partial charge is 0.335 e. The van der Waals surface area contributed by atoms with Gasteiger partial charge in [-0.25, -0.2) is 4.79 Å². The van der Waals surface area contributed by atoms with Gasteiger partial charge in [-0.3, -0.25) is 0 Å². The van der Waals surface area contributed by atoms with Gasteiger partial charge in [-0.2, -0.15) is 0 Å². The first-order valence-corrected chi connectivity index (χ1v) is 6.93. The van der Waals surface area contributed by atoms with Crippen LogP contribution >= 0.6 is 0 Å². The number of benzene rings is 1. The third-order valence-corrected chi connectivity index (χ3v) is 3.43. The first-order valence-electron chi connectivity index (χ1n) is 6.93. The van der Waals surface area contributed by atoms with Crippen LogP contribution in [0.1, 0.15) is 44.7 Å². The van der Waals surface area contributed by atoms with Crippen molar-refractivity contribution in [2.75, 3.05) is 6.61 Å². The third-order valence-electron chi connectivity index (χ3n) is 3.43. The highest BCUT2D eigenvalue weighted by molar-refractivity contribution is 5.89. The van der Waals surface area contributed by atoms with E-state index in [0.29, 0.717) is 6.61 Å². The predicted molar refractivity (Wildman–Crippen MR) is 75.5 cm³/mol. The molecular weight excluding hydrogens is 238 g/mol. The second kappa shape index (κ2) is 6.41. The molecule has 0 saturated carbocycles. The largest absolute Gasteiger partial charge is 0.463 e. The molecule has 19 heavy (non-hydrogen) atoms. The normalized spacial score (nSPS) is 16.3. The summed E-state index contributed by atoms with van der Waals surface area (Å²) in [5.74, 6) is -0.164. The van der Waals surface area contributed by atoms with E-state index in [-0.39, 0.29) is 12.0 Å². The second-order valence-electron chi connectivity index (χ2n) is 4.81. The molecule has 0 aromatic heterocycles. The maximum Gasteiger partial charge on any atom is 0.335 e. The van der Waals surface area contributed by atoms with Crippen LogP contribution in [-0.2, 0) is 9.53 Å². The quantitative estimate of drug-likeness (QED) is 0.824. The van der Waals surface area contributed by atoms with Crippen LogP contribution in [0, 0.1) is 0 Å². The van der Waals surface area contributed by atoms with Gasteiger partial charge in [0, 0.05) is 11.7 Å². The summed E-state index contributed by atoms with van der Waals surface area (Å²) in [6.45, 7) is 4.39. The Morgan fingerprint density at radius 3 is 2.74 bits per heavy atom. The van der Waals surface area contributed by atoms with Crippen molar-refractivity contribution in [2.45, 2.75) is 39.2 Å². The van der Waals surface area contributed by atoms with Gasteiger partial charge in [-0.05, 0) is 38.7 Å². The van der Waals surface area contributed by atoms with Crippen LogP contribution in [-0.4, -0.2) is 12.6 Å². The van der Waals surface area contributed by atoms with Crippen LogP contribution in [0.5, 0.6) is 0 Å². The number of carbonyl (C=O) groups is 1. The molecule has 1 aromatic rings. The lowest BCUT2D eigenvalue weighted by Crippen LogP contribution is -2.20. The minimum Gasteiger partial charge on any atom is -0.463 e. The van der Waals surface area contributed by atoms with Crippen molar-refractivity contribution in [3.63, 3.8) is 0 Å². The van der Waals surface area contributed by atoms with E-state index in [4.69, 9.17) is 4.74 Å². The van der Waals surface area contributed by atoms with Crippen molar-refractivity contribution in [1.29, 1.82) is 0 Å². The maximum atomic E-state index is 11.9. The number of allylic oxidation sites excluding steroid dienone is 1. The van der Waals surface area contributed by atoms with Crippen molar-refractivity contribution in [2.24, 2.45) is 0 Å². The molecule has 1 aromatic carbocycles. The average Bonchev–Trinajstić information content (AvgIpc) is 2.88. The molecule has 0 amide bonds. The summed E-state index contributed by atoms with van der Waals surface area (Å²) in [5.41, 5.74) is 3.10. The fourth-order valence-corrected chi connectivity index (χ4v) is 2.43. The van der Waals surface area contributed by atoms with Crippen molar-refractivity contribution < 1.29 is 9.53 Å². The number of hydrogen-bond donors (Lipinski definition) is 1. The first kappa shape index (κ1) is 13.7. The van der Waals surface area contributed by atoms with E-state index in [9.17, 15) is 4.79 Å². The highest BCUT2D eigenvalue weighted by Gasteiger charge is 2.23. The minimum atomic E-state index is -0.164. The zero-order valence-electron chi connectivity index (χ0n) is 11.6. The van der Waals surface area contributed by atoms with Crippen LogP contribution in [0.4, 0.5) is 0 Å². The lowest BCUT2D eigenvalue weighted by molar-refractivity contribution is -0.138. The number of ether oxygens (including phenoxy) is 1. The number of nitrogens with one attached hydrogen (secondary N) is 1. The summed E-state index contributed by atoms with van der Waals surface area (Å²) in [4.78, 5) is 11.9. The van der Waals surface area contributed by atoms with Gasteiger partial charge in [0.05, 0.1) is 12.2 Å². The van der Waals surface area contributed by atoms with E-state index in [1.807, 2.05) is 25.1 Å². The summed E-state index contributed by atoms with van der Waals surface area (Å²) in [6.07, 6.45) is 2.78. The Hall–Kier alpha value is -1.77. The average molecular weight is 259 g/mol. The van der Waals surface area contributed by atoms with E-state index >= 15 is 0 Å². The fourth-order valence-electron chi connectivity index (χ4n) is 2.43. The standard InChI is InChI=1S/C16H21NO2/c1-3-19-16(18)14-10-7-11-15(14)17-12(2)13-8-5-4-6-9-13/h4-6,8-9,12,17H,3,7,10-11H2,1-2H3.